The van der Waals surface area contributed by atoms with Crippen molar-refractivity contribution in [2.75, 3.05) is 0 Å². The maximum Gasteiger partial charge on any atom is 0.322 e. The molecule has 112 valence electrons. The Labute approximate surface area is 120 Å². The fourth-order valence-corrected chi connectivity index (χ4v) is 4.75. The van der Waals surface area contributed by atoms with Crippen LogP contribution >= 0.6 is 0 Å². The van der Waals surface area contributed by atoms with Gasteiger partial charge in [-0.25, -0.2) is 8.42 Å². The van der Waals surface area contributed by atoms with Crippen LogP contribution in [0.4, 0.5) is 0 Å². The molecule has 4 nitrogen and oxygen atoms in total. The number of sulfone groups is 1. The van der Waals surface area contributed by atoms with Gasteiger partial charge >= 0.3 is 5.97 Å². The summed E-state index contributed by atoms with van der Waals surface area (Å²) < 4.78 is 25.5. The Bertz CT molecular complexity index is 586. The molecule has 0 heterocycles. The third-order valence-electron chi connectivity index (χ3n) is 3.70. The number of carbonyl (C=O) groups is 1. The van der Waals surface area contributed by atoms with E-state index in [9.17, 15) is 18.3 Å². The molecule has 1 unspecified atom stereocenters. The lowest BCUT2D eigenvalue weighted by Gasteiger charge is -2.22. The van der Waals surface area contributed by atoms with Crippen LogP contribution in [-0.4, -0.2) is 24.7 Å². The minimum Gasteiger partial charge on any atom is -0.480 e. The van der Waals surface area contributed by atoms with Crippen LogP contribution in [0.15, 0.2) is 23.1 Å². The maximum absolute atomic E-state index is 12.7. The average molecular weight is 298 g/mol. The van der Waals surface area contributed by atoms with Crippen LogP contribution in [0.25, 0.3) is 0 Å². The molecule has 1 aromatic carbocycles. The lowest BCUT2D eigenvalue weighted by atomic mass is 9.99. The van der Waals surface area contributed by atoms with Gasteiger partial charge in [-0.05, 0) is 37.0 Å². The molecule has 0 radical (unpaired) electrons. The van der Waals surface area contributed by atoms with Crippen molar-refractivity contribution in [2.24, 2.45) is 5.92 Å². The monoisotopic (exact) mass is 298 g/mol. The number of aliphatic carboxylic acids is 1. The van der Waals surface area contributed by atoms with Gasteiger partial charge in [-0.3, -0.25) is 4.79 Å². The third kappa shape index (κ3) is 3.20. The smallest absolute Gasteiger partial charge is 0.322 e. The van der Waals surface area contributed by atoms with E-state index in [1.165, 1.54) is 0 Å². The molecule has 0 aliphatic rings. The Morgan fingerprint density at radius 2 is 1.75 bits per heavy atom. The first-order chi connectivity index (χ1) is 9.25. The number of hydrogen-bond acceptors (Lipinski definition) is 3. The van der Waals surface area contributed by atoms with Crippen molar-refractivity contribution in [3.63, 3.8) is 0 Å². The molecule has 0 bridgehead atoms. The molecule has 1 N–H and O–H groups in total. The Morgan fingerprint density at radius 3 is 2.20 bits per heavy atom. The van der Waals surface area contributed by atoms with Gasteiger partial charge in [0.25, 0.3) is 0 Å². The van der Waals surface area contributed by atoms with E-state index in [1.54, 1.807) is 26.0 Å². The summed E-state index contributed by atoms with van der Waals surface area (Å²) in [6.07, 6.45) is 1.05. The molecule has 20 heavy (non-hydrogen) atoms. The molecule has 0 amide bonds. The molecular weight excluding hydrogens is 276 g/mol. The molecule has 0 saturated heterocycles. The fraction of sp³-hybridized carbons (Fsp3) is 0.533. The van der Waals surface area contributed by atoms with E-state index in [4.69, 9.17) is 0 Å². The first-order valence-electron chi connectivity index (χ1n) is 6.79. The summed E-state index contributed by atoms with van der Waals surface area (Å²) in [5.74, 6) is -1.64. The van der Waals surface area contributed by atoms with E-state index >= 15 is 0 Å². The van der Waals surface area contributed by atoms with Gasteiger partial charge in [0.1, 0.15) is 0 Å². The molecule has 0 aliphatic heterocycles. The van der Waals surface area contributed by atoms with Gasteiger partial charge in [0, 0.05) is 0 Å². The van der Waals surface area contributed by atoms with Crippen molar-refractivity contribution < 1.29 is 18.3 Å². The Hall–Kier alpha value is -1.36. The van der Waals surface area contributed by atoms with Crippen LogP contribution < -0.4 is 0 Å². The summed E-state index contributed by atoms with van der Waals surface area (Å²) in [6, 6.07) is 5.10. The van der Waals surface area contributed by atoms with Gasteiger partial charge in [-0.2, -0.15) is 0 Å². The predicted octanol–water partition coefficient (Wildman–Crippen LogP) is 2.97. The molecule has 0 fully saturated rings. The van der Waals surface area contributed by atoms with E-state index in [2.05, 4.69) is 0 Å². The second kappa shape index (κ2) is 6.39. The van der Waals surface area contributed by atoms with Gasteiger partial charge in [0.15, 0.2) is 15.1 Å². The van der Waals surface area contributed by atoms with Crippen molar-refractivity contribution in [1.29, 1.82) is 0 Å². The zero-order valence-corrected chi connectivity index (χ0v) is 13.2. The lowest BCUT2D eigenvalue weighted by Crippen LogP contribution is -2.37. The molecule has 0 aliphatic carbocycles. The van der Waals surface area contributed by atoms with Crippen LogP contribution in [-0.2, 0) is 14.6 Å². The van der Waals surface area contributed by atoms with Gasteiger partial charge in [0.05, 0.1) is 4.90 Å². The first-order valence-corrected chi connectivity index (χ1v) is 8.34. The van der Waals surface area contributed by atoms with Crippen molar-refractivity contribution in [3.05, 3.63) is 29.3 Å². The van der Waals surface area contributed by atoms with Crippen molar-refractivity contribution in [2.45, 2.75) is 50.7 Å². The largest absolute Gasteiger partial charge is 0.480 e. The van der Waals surface area contributed by atoms with Gasteiger partial charge < -0.3 is 5.11 Å². The Balaban J connectivity index is 3.44. The van der Waals surface area contributed by atoms with E-state index in [0.29, 0.717) is 18.4 Å². The van der Waals surface area contributed by atoms with E-state index in [1.807, 2.05) is 19.9 Å². The predicted molar refractivity (Wildman–Crippen MR) is 78.6 cm³/mol. The summed E-state index contributed by atoms with van der Waals surface area (Å²) in [6.45, 7) is 7.13. The Morgan fingerprint density at radius 1 is 1.20 bits per heavy atom. The number of rotatable bonds is 6. The number of carboxylic acids is 1. The van der Waals surface area contributed by atoms with Crippen LogP contribution in [0.1, 0.15) is 37.8 Å². The Kier molecular flexibility index (Phi) is 5.34. The van der Waals surface area contributed by atoms with Crippen LogP contribution in [0.3, 0.4) is 0 Å². The molecule has 0 saturated carbocycles. The molecular formula is C15H22O4S. The summed E-state index contributed by atoms with van der Waals surface area (Å²) in [4.78, 5) is 11.6. The van der Waals surface area contributed by atoms with Crippen molar-refractivity contribution in [3.8, 4) is 0 Å². The highest BCUT2D eigenvalue weighted by Crippen LogP contribution is 2.28. The van der Waals surface area contributed by atoms with Crippen LogP contribution in [0.5, 0.6) is 0 Å². The van der Waals surface area contributed by atoms with Crippen LogP contribution in [0, 0.1) is 19.8 Å². The SMILES string of the molecule is CCC(CC)C(C(=O)O)S(=O)(=O)c1cc(C)ccc1C. The number of carboxylic acid groups (broad SMARTS) is 1. The van der Waals surface area contributed by atoms with Crippen molar-refractivity contribution in [1.82, 2.24) is 0 Å². The molecule has 0 spiro atoms. The minimum absolute atomic E-state index is 0.136. The zero-order chi connectivity index (χ0) is 15.5. The van der Waals surface area contributed by atoms with E-state index in [0.717, 1.165) is 5.56 Å². The highest BCUT2D eigenvalue weighted by atomic mass is 32.2. The molecule has 1 aromatic rings. The number of benzene rings is 1. The first kappa shape index (κ1) is 16.7. The third-order valence-corrected chi connectivity index (χ3v) is 6.01. The zero-order valence-electron chi connectivity index (χ0n) is 12.4. The molecule has 5 heteroatoms. The summed E-state index contributed by atoms with van der Waals surface area (Å²) >= 11 is 0. The maximum atomic E-state index is 12.7. The van der Waals surface area contributed by atoms with Crippen LogP contribution in [0.2, 0.25) is 0 Å². The van der Waals surface area contributed by atoms with Gasteiger partial charge in [-0.1, -0.05) is 38.8 Å². The molecule has 1 rings (SSSR count). The summed E-state index contributed by atoms with van der Waals surface area (Å²) in [7, 11) is -3.88. The summed E-state index contributed by atoms with van der Waals surface area (Å²) in [5.41, 5.74) is 1.40. The molecule has 0 aromatic heterocycles. The lowest BCUT2D eigenvalue weighted by molar-refractivity contribution is -0.137. The standard InChI is InChI=1S/C15H22O4S/c1-5-12(6-2)14(15(16)17)20(18,19)13-9-10(3)7-8-11(13)4/h7-9,12,14H,5-6H2,1-4H3,(H,16,17). The highest BCUT2D eigenvalue weighted by molar-refractivity contribution is 7.92. The van der Waals surface area contributed by atoms with Gasteiger partial charge in [-0.15, -0.1) is 0 Å². The second-order valence-corrected chi connectivity index (χ2v) is 7.19. The quantitative estimate of drug-likeness (QED) is 0.876. The minimum atomic E-state index is -3.88. The number of aryl methyl sites for hydroxylation is 2. The highest BCUT2D eigenvalue weighted by Gasteiger charge is 2.39. The number of hydrogen-bond donors (Lipinski definition) is 1. The van der Waals surface area contributed by atoms with E-state index < -0.39 is 21.1 Å². The van der Waals surface area contributed by atoms with Gasteiger partial charge in [0.2, 0.25) is 0 Å². The normalized spacial score (nSPS) is 13.4. The van der Waals surface area contributed by atoms with E-state index in [-0.39, 0.29) is 10.8 Å². The average Bonchev–Trinajstić information content (AvgIpc) is 2.37. The topological polar surface area (TPSA) is 71.4 Å². The van der Waals surface area contributed by atoms with Crippen molar-refractivity contribution >= 4 is 15.8 Å². The fourth-order valence-electron chi connectivity index (χ4n) is 2.46. The second-order valence-electron chi connectivity index (χ2n) is 5.15. The molecule has 1 atom stereocenters. The summed E-state index contributed by atoms with van der Waals surface area (Å²) in [5, 5.41) is 8.01.